The van der Waals surface area contributed by atoms with E-state index in [1.807, 2.05) is 67.5 Å². The molecule has 0 unspecified atom stereocenters. The number of ether oxygens (including phenoxy) is 1. The highest BCUT2D eigenvalue weighted by Crippen LogP contribution is 2.37. The van der Waals surface area contributed by atoms with Crippen molar-refractivity contribution >= 4 is 24.0 Å². The van der Waals surface area contributed by atoms with Crippen LogP contribution in [0.2, 0.25) is 0 Å². The average Bonchev–Trinajstić information content (AvgIpc) is 2.43. The highest BCUT2D eigenvalue weighted by molar-refractivity contribution is 7.98. The van der Waals surface area contributed by atoms with Gasteiger partial charge < -0.3 is 15.4 Å². The summed E-state index contributed by atoms with van der Waals surface area (Å²) in [5.74, 6) is 1.39. The SMILES string of the molecule is CN(C)/C=N\Sc1cccc(N)c1Oc1ccccc1. The topological polar surface area (TPSA) is 50.8 Å². The molecular formula is C15H17N3OS. The van der Waals surface area contributed by atoms with E-state index >= 15 is 0 Å². The molecule has 0 bridgehead atoms. The predicted molar refractivity (Wildman–Crippen MR) is 85.4 cm³/mol. The lowest BCUT2D eigenvalue weighted by atomic mass is 10.3. The van der Waals surface area contributed by atoms with Crippen molar-refractivity contribution in [3.8, 4) is 11.5 Å². The van der Waals surface area contributed by atoms with Crippen LogP contribution in [0.4, 0.5) is 5.69 Å². The summed E-state index contributed by atoms with van der Waals surface area (Å²) in [6, 6.07) is 15.2. The number of nitrogens with two attached hydrogens (primary N) is 1. The minimum atomic E-state index is 0.596. The highest BCUT2D eigenvalue weighted by Gasteiger charge is 2.09. The highest BCUT2D eigenvalue weighted by atomic mass is 32.2. The molecule has 2 aromatic rings. The van der Waals surface area contributed by atoms with Gasteiger partial charge >= 0.3 is 0 Å². The van der Waals surface area contributed by atoms with E-state index in [-0.39, 0.29) is 0 Å². The first kappa shape index (κ1) is 14.3. The molecule has 5 heteroatoms. The lowest BCUT2D eigenvalue weighted by molar-refractivity contribution is 0.473. The maximum absolute atomic E-state index is 6.00. The van der Waals surface area contributed by atoms with Crippen LogP contribution in [0.25, 0.3) is 0 Å². The normalized spacial score (nSPS) is 10.7. The van der Waals surface area contributed by atoms with Gasteiger partial charge in [-0.25, -0.2) is 4.40 Å². The summed E-state index contributed by atoms with van der Waals surface area (Å²) in [5, 5.41) is 0. The molecule has 2 rings (SSSR count). The Kier molecular flexibility index (Phi) is 4.90. The molecule has 0 saturated heterocycles. The van der Waals surface area contributed by atoms with Crippen molar-refractivity contribution in [3.63, 3.8) is 0 Å². The van der Waals surface area contributed by atoms with Crippen molar-refractivity contribution in [2.75, 3.05) is 19.8 Å². The van der Waals surface area contributed by atoms with Gasteiger partial charge in [-0.3, -0.25) is 0 Å². The number of hydrogen-bond donors (Lipinski definition) is 1. The van der Waals surface area contributed by atoms with Gasteiger partial charge in [-0.1, -0.05) is 24.3 Å². The maximum atomic E-state index is 6.00. The molecule has 0 aliphatic rings. The molecule has 4 nitrogen and oxygen atoms in total. The zero-order chi connectivity index (χ0) is 14.4. The molecule has 2 aromatic carbocycles. The lowest BCUT2D eigenvalue weighted by Crippen LogP contribution is -2.06. The third-order valence-corrected chi connectivity index (χ3v) is 3.12. The molecule has 0 fully saturated rings. The fourth-order valence-corrected chi connectivity index (χ4v) is 2.23. The van der Waals surface area contributed by atoms with Gasteiger partial charge in [0.05, 0.1) is 16.9 Å². The first-order valence-electron chi connectivity index (χ1n) is 6.15. The zero-order valence-corrected chi connectivity index (χ0v) is 12.3. The fourth-order valence-electron chi connectivity index (χ4n) is 1.49. The standard InChI is InChI=1S/C15H17N3OS/c1-18(2)11-17-20-14-10-6-9-13(16)15(14)19-12-7-4-3-5-8-12/h3-11H,16H2,1-2H3/b17-11-. The van der Waals surface area contributed by atoms with Crippen LogP contribution in [-0.2, 0) is 0 Å². The summed E-state index contributed by atoms with van der Waals surface area (Å²) in [7, 11) is 3.84. The van der Waals surface area contributed by atoms with E-state index in [0.717, 1.165) is 10.6 Å². The van der Waals surface area contributed by atoms with E-state index in [4.69, 9.17) is 10.5 Å². The van der Waals surface area contributed by atoms with E-state index in [0.29, 0.717) is 11.4 Å². The number of para-hydroxylation sites is 2. The summed E-state index contributed by atoms with van der Waals surface area (Å²) in [5.41, 5.74) is 6.60. The van der Waals surface area contributed by atoms with Crippen molar-refractivity contribution in [3.05, 3.63) is 48.5 Å². The molecule has 0 saturated carbocycles. The largest absolute Gasteiger partial charge is 0.454 e. The number of anilines is 1. The Hall–Kier alpha value is -2.14. The Balaban J connectivity index is 2.22. The van der Waals surface area contributed by atoms with E-state index in [1.54, 1.807) is 6.34 Å². The zero-order valence-electron chi connectivity index (χ0n) is 11.5. The van der Waals surface area contributed by atoms with Crippen LogP contribution in [0.1, 0.15) is 0 Å². The quantitative estimate of drug-likeness (QED) is 0.394. The van der Waals surface area contributed by atoms with Gasteiger partial charge in [0.25, 0.3) is 0 Å². The van der Waals surface area contributed by atoms with Gasteiger partial charge in [0, 0.05) is 26.0 Å². The molecule has 0 heterocycles. The molecule has 0 aliphatic heterocycles. The van der Waals surface area contributed by atoms with E-state index < -0.39 is 0 Å². The van der Waals surface area contributed by atoms with Gasteiger partial charge in [-0.2, -0.15) is 0 Å². The molecule has 104 valence electrons. The first-order valence-corrected chi connectivity index (χ1v) is 6.92. The summed E-state index contributed by atoms with van der Waals surface area (Å²) >= 11 is 1.33. The van der Waals surface area contributed by atoms with Crippen molar-refractivity contribution in [2.45, 2.75) is 4.90 Å². The second-order valence-corrected chi connectivity index (χ2v) is 5.20. The smallest absolute Gasteiger partial charge is 0.165 e. The monoisotopic (exact) mass is 287 g/mol. The molecule has 0 atom stereocenters. The Morgan fingerprint density at radius 3 is 2.55 bits per heavy atom. The van der Waals surface area contributed by atoms with Crippen LogP contribution in [-0.4, -0.2) is 25.3 Å². The Morgan fingerprint density at radius 2 is 1.85 bits per heavy atom. The van der Waals surface area contributed by atoms with Crippen molar-refractivity contribution in [2.24, 2.45) is 4.40 Å². The summed E-state index contributed by atoms with van der Waals surface area (Å²) in [6.45, 7) is 0. The Labute approximate surface area is 123 Å². The molecule has 0 aliphatic carbocycles. The summed E-state index contributed by atoms with van der Waals surface area (Å²) < 4.78 is 10.1. The number of rotatable bonds is 5. The van der Waals surface area contributed by atoms with E-state index in [9.17, 15) is 0 Å². The summed E-state index contributed by atoms with van der Waals surface area (Å²) in [4.78, 5) is 2.75. The van der Waals surface area contributed by atoms with Gasteiger partial charge in [-0.05, 0) is 24.3 Å². The number of benzene rings is 2. The third kappa shape index (κ3) is 3.93. The van der Waals surface area contributed by atoms with Crippen LogP contribution < -0.4 is 10.5 Å². The van der Waals surface area contributed by atoms with Crippen molar-refractivity contribution in [1.82, 2.24) is 4.90 Å². The second-order valence-electron chi connectivity index (χ2n) is 4.37. The van der Waals surface area contributed by atoms with Crippen LogP contribution in [0.15, 0.2) is 57.8 Å². The fraction of sp³-hybridized carbons (Fsp3) is 0.133. The lowest BCUT2D eigenvalue weighted by Gasteiger charge is -2.11. The van der Waals surface area contributed by atoms with Crippen LogP contribution in [0.5, 0.6) is 11.5 Å². The van der Waals surface area contributed by atoms with Crippen molar-refractivity contribution < 1.29 is 4.74 Å². The molecule has 0 amide bonds. The summed E-state index contributed by atoms with van der Waals surface area (Å²) in [6.07, 6.45) is 1.74. The molecule has 20 heavy (non-hydrogen) atoms. The molecular weight excluding hydrogens is 270 g/mol. The Bertz CT molecular complexity index is 585. The first-order chi connectivity index (χ1) is 9.66. The average molecular weight is 287 g/mol. The van der Waals surface area contributed by atoms with Gasteiger partial charge in [0.1, 0.15) is 5.75 Å². The molecule has 0 aromatic heterocycles. The van der Waals surface area contributed by atoms with Crippen LogP contribution in [0, 0.1) is 0 Å². The van der Waals surface area contributed by atoms with Crippen molar-refractivity contribution in [1.29, 1.82) is 0 Å². The molecule has 2 N–H and O–H groups in total. The van der Waals surface area contributed by atoms with Crippen LogP contribution >= 0.6 is 11.9 Å². The predicted octanol–water partition coefficient (Wildman–Crippen LogP) is 3.66. The molecule has 0 spiro atoms. The number of nitrogens with zero attached hydrogens (tertiary/aromatic N) is 2. The van der Waals surface area contributed by atoms with Crippen LogP contribution in [0.3, 0.4) is 0 Å². The maximum Gasteiger partial charge on any atom is 0.165 e. The van der Waals surface area contributed by atoms with Gasteiger partial charge in [-0.15, -0.1) is 0 Å². The minimum absolute atomic E-state index is 0.596. The van der Waals surface area contributed by atoms with Gasteiger partial charge in [0.15, 0.2) is 5.75 Å². The minimum Gasteiger partial charge on any atom is -0.454 e. The Morgan fingerprint density at radius 1 is 1.10 bits per heavy atom. The number of hydrogen-bond acceptors (Lipinski definition) is 4. The molecule has 0 radical (unpaired) electrons. The second kappa shape index (κ2) is 6.86. The third-order valence-electron chi connectivity index (χ3n) is 2.40. The number of nitrogen functional groups attached to an aromatic ring is 1. The van der Waals surface area contributed by atoms with Gasteiger partial charge in [0.2, 0.25) is 0 Å². The van der Waals surface area contributed by atoms with E-state index in [2.05, 4.69) is 4.40 Å². The van der Waals surface area contributed by atoms with E-state index in [1.165, 1.54) is 11.9 Å².